The SMILES string of the molecule is NCC(=O)NCC(=O)N1CCC[C@H](C(=O)O)C1. The summed E-state index contributed by atoms with van der Waals surface area (Å²) in [4.78, 5) is 34.8. The molecule has 0 unspecified atom stereocenters. The van der Waals surface area contributed by atoms with Crippen molar-refractivity contribution in [2.45, 2.75) is 12.8 Å². The minimum absolute atomic E-state index is 0.123. The van der Waals surface area contributed by atoms with Crippen LogP contribution in [0.1, 0.15) is 12.8 Å². The number of nitrogens with one attached hydrogen (secondary N) is 1. The zero-order chi connectivity index (χ0) is 12.8. The molecule has 1 atom stereocenters. The monoisotopic (exact) mass is 243 g/mol. The Morgan fingerprint density at radius 3 is 2.71 bits per heavy atom. The molecular formula is C10H17N3O4. The Morgan fingerprint density at radius 1 is 1.41 bits per heavy atom. The number of carbonyl (C=O) groups is 3. The van der Waals surface area contributed by atoms with E-state index in [-0.39, 0.29) is 25.5 Å². The maximum atomic E-state index is 11.7. The van der Waals surface area contributed by atoms with Crippen LogP contribution in [0.25, 0.3) is 0 Å². The van der Waals surface area contributed by atoms with Crippen molar-refractivity contribution in [3.63, 3.8) is 0 Å². The van der Waals surface area contributed by atoms with Crippen LogP contribution in [0.2, 0.25) is 0 Å². The molecule has 0 aromatic rings. The fraction of sp³-hybridized carbons (Fsp3) is 0.700. The Balaban J connectivity index is 2.41. The first kappa shape index (κ1) is 13.4. The van der Waals surface area contributed by atoms with E-state index in [4.69, 9.17) is 10.8 Å². The lowest BCUT2D eigenvalue weighted by atomic mass is 9.98. The van der Waals surface area contributed by atoms with E-state index in [1.54, 1.807) is 0 Å². The molecule has 0 spiro atoms. The van der Waals surface area contributed by atoms with Gasteiger partial charge < -0.3 is 21.1 Å². The molecular weight excluding hydrogens is 226 g/mol. The highest BCUT2D eigenvalue weighted by molar-refractivity contribution is 5.85. The minimum atomic E-state index is -0.881. The molecule has 0 bridgehead atoms. The highest BCUT2D eigenvalue weighted by Gasteiger charge is 2.27. The van der Waals surface area contributed by atoms with Crippen molar-refractivity contribution in [3.8, 4) is 0 Å². The third-order valence-electron chi connectivity index (χ3n) is 2.75. The molecule has 0 aromatic carbocycles. The predicted molar refractivity (Wildman–Crippen MR) is 59.0 cm³/mol. The topological polar surface area (TPSA) is 113 Å². The number of carboxylic acids is 1. The van der Waals surface area contributed by atoms with E-state index in [9.17, 15) is 14.4 Å². The molecule has 1 aliphatic heterocycles. The first-order valence-corrected chi connectivity index (χ1v) is 5.52. The summed E-state index contributed by atoms with van der Waals surface area (Å²) in [6.45, 7) is 0.473. The number of nitrogens with zero attached hydrogens (tertiary/aromatic N) is 1. The lowest BCUT2D eigenvalue weighted by molar-refractivity contribution is -0.145. The zero-order valence-corrected chi connectivity index (χ0v) is 9.52. The van der Waals surface area contributed by atoms with Gasteiger partial charge in [-0.2, -0.15) is 0 Å². The van der Waals surface area contributed by atoms with E-state index < -0.39 is 17.8 Å². The lowest BCUT2D eigenvalue weighted by Gasteiger charge is -2.30. The first-order chi connectivity index (χ1) is 8.04. The van der Waals surface area contributed by atoms with Gasteiger partial charge in [0.2, 0.25) is 11.8 Å². The van der Waals surface area contributed by atoms with Crippen molar-refractivity contribution in [2.75, 3.05) is 26.2 Å². The van der Waals surface area contributed by atoms with E-state index >= 15 is 0 Å². The summed E-state index contributed by atoms with van der Waals surface area (Å²) in [5.41, 5.74) is 5.08. The van der Waals surface area contributed by atoms with Gasteiger partial charge in [-0.25, -0.2) is 0 Å². The highest BCUT2D eigenvalue weighted by Crippen LogP contribution is 2.16. The van der Waals surface area contributed by atoms with Crippen molar-refractivity contribution < 1.29 is 19.5 Å². The molecule has 1 saturated heterocycles. The van der Waals surface area contributed by atoms with Crippen LogP contribution in [0, 0.1) is 5.92 Å². The van der Waals surface area contributed by atoms with Crippen LogP contribution in [0.3, 0.4) is 0 Å². The number of likely N-dealkylation sites (tertiary alicyclic amines) is 1. The van der Waals surface area contributed by atoms with E-state index in [2.05, 4.69) is 5.32 Å². The Bertz CT molecular complexity index is 319. The molecule has 17 heavy (non-hydrogen) atoms. The molecule has 1 aliphatic rings. The number of hydrogen-bond acceptors (Lipinski definition) is 4. The van der Waals surface area contributed by atoms with Crippen LogP contribution in [0.5, 0.6) is 0 Å². The Hall–Kier alpha value is -1.63. The quantitative estimate of drug-likeness (QED) is 0.549. The summed E-state index contributed by atoms with van der Waals surface area (Å²) in [6.07, 6.45) is 1.27. The van der Waals surface area contributed by atoms with Gasteiger partial charge in [0.05, 0.1) is 19.0 Å². The van der Waals surface area contributed by atoms with Crippen LogP contribution in [0.4, 0.5) is 0 Å². The molecule has 0 aromatic heterocycles. The zero-order valence-electron chi connectivity index (χ0n) is 9.52. The Kier molecular flexibility index (Phi) is 4.89. The van der Waals surface area contributed by atoms with E-state index in [1.807, 2.05) is 0 Å². The summed E-state index contributed by atoms with van der Waals surface area (Å²) < 4.78 is 0. The van der Waals surface area contributed by atoms with Crippen molar-refractivity contribution in [3.05, 3.63) is 0 Å². The fourth-order valence-electron chi connectivity index (χ4n) is 1.76. The smallest absolute Gasteiger partial charge is 0.308 e. The molecule has 4 N–H and O–H groups in total. The molecule has 1 fully saturated rings. The number of carbonyl (C=O) groups excluding carboxylic acids is 2. The molecule has 2 amide bonds. The van der Waals surface area contributed by atoms with Gasteiger partial charge in [0.1, 0.15) is 0 Å². The van der Waals surface area contributed by atoms with Crippen LogP contribution >= 0.6 is 0 Å². The van der Waals surface area contributed by atoms with Crippen LogP contribution < -0.4 is 11.1 Å². The second-order valence-corrected chi connectivity index (χ2v) is 4.00. The van der Waals surface area contributed by atoms with Crippen LogP contribution in [-0.4, -0.2) is 54.0 Å². The van der Waals surface area contributed by atoms with Gasteiger partial charge in [0.25, 0.3) is 0 Å². The van der Waals surface area contributed by atoms with Gasteiger partial charge >= 0.3 is 5.97 Å². The summed E-state index contributed by atoms with van der Waals surface area (Å²) in [6, 6.07) is 0. The van der Waals surface area contributed by atoms with Gasteiger partial charge in [-0.1, -0.05) is 0 Å². The van der Waals surface area contributed by atoms with E-state index in [1.165, 1.54) is 4.90 Å². The number of aliphatic carboxylic acids is 1. The van der Waals surface area contributed by atoms with Crippen molar-refractivity contribution in [2.24, 2.45) is 11.7 Å². The van der Waals surface area contributed by atoms with Crippen LogP contribution in [0.15, 0.2) is 0 Å². The lowest BCUT2D eigenvalue weighted by Crippen LogP contribution is -2.47. The maximum Gasteiger partial charge on any atom is 0.308 e. The van der Waals surface area contributed by atoms with Gasteiger partial charge in [0.15, 0.2) is 0 Å². The number of hydrogen-bond donors (Lipinski definition) is 3. The predicted octanol–water partition coefficient (Wildman–Crippen LogP) is -1.62. The summed E-state index contributed by atoms with van der Waals surface area (Å²) in [7, 11) is 0. The Morgan fingerprint density at radius 2 is 2.12 bits per heavy atom. The molecule has 96 valence electrons. The van der Waals surface area contributed by atoms with Gasteiger partial charge in [-0.15, -0.1) is 0 Å². The van der Waals surface area contributed by atoms with E-state index in [0.29, 0.717) is 19.4 Å². The molecule has 0 saturated carbocycles. The molecule has 1 rings (SSSR count). The van der Waals surface area contributed by atoms with Crippen molar-refractivity contribution >= 4 is 17.8 Å². The normalized spacial score (nSPS) is 19.8. The number of nitrogens with two attached hydrogens (primary N) is 1. The Labute approximate surface area is 98.9 Å². The fourth-order valence-corrected chi connectivity index (χ4v) is 1.76. The van der Waals surface area contributed by atoms with Crippen LogP contribution in [-0.2, 0) is 14.4 Å². The van der Waals surface area contributed by atoms with Crippen molar-refractivity contribution in [1.29, 1.82) is 0 Å². The molecule has 7 heteroatoms. The van der Waals surface area contributed by atoms with Crippen molar-refractivity contribution in [1.82, 2.24) is 10.2 Å². The summed E-state index contributed by atoms with van der Waals surface area (Å²) in [5, 5.41) is 11.2. The summed E-state index contributed by atoms with van der Waals surface area (Å²) >= 11 is 0. The average Bonchev–Trinajstić information content (AvgIpc) is 2.35. The maximum absolute atomic E-state index is 11.7. The van der Waals surface area contributed by atoms with Gasteiger partial charge in [-0.05, 0) is 12.8 Å². The second-order valence-electron chi connectivity index (χ2n) is 4.00. The molecule has 0 radical (unpaired) electrons. The second kappa shape index (κ2) is 6.19. The first-order valence-electron chi connectivity index (χ1n) is 5.52. The third kappa shape index (κ3) is 4.03. The van der Waals surface area contributed by atoms with Gasteiger partial charge in [0, 0.05) is 13.1 Å². The summed E-state index contributed by atoms with van der Waals surface area (Å²) in [5.74, 6) is -2.05. The standard InChI is InChI=1S/C10H17N3O4/c11-4-8(14)12-5-9(15)13-3-1-2-7(6-13)10(16)17/h7H,1-6,11H2,(H,12,14)(H,16,17)/t7-/m0/s1. The van der Waals surface area contributed by atoms with E-state index in [0.717, 1.165) is 0 Å². The number of carboxylic acid groups (broad SMARTS) is 1. The molecule has 0 aliphatic carbocycles. The number of rotatable bonds is 4. The molecule has 1 heterocycles. The average molecular weight is 243 g/mol. The highest BCUT2D eigenvalue weighted by atomic mass is 16.4. The van der Waals surface area contributed by atoms with Gasteiger partial charge in [-0.3, -0.25) is 14.4 Å². The number of piperidine rings is 1. The largest absolute Gasteiger partial charge is 0.481 e. The number of amides is 2. The minimum Gasteiger partial charge on any atom is -0.481 e. The molecule has 7 nitrogen and oxygen atoms in total. The third-order valence-corrected chi connectivity index (χ3v) is 2.75.